The van der Waals surface area contributed by atoms with Crippen molar-refractivity contribution in [3.05, 3.63) is 16.0 Å². The predicted octanol–water partition coefficient (Wildman–Crippen LogP) is 2.79. The van der Waals surface area contributed by atoms with Crippen LogP contribution in [0.4, 0.5) is 0 Å². The maximum absolute atomic E-state index is 11.9. The number of nitrogens with one attached hydrogen (secondary N) is 1. The van der Waals surface area contributed by atoms with Crippen LogP contribution in [-0.2, 0) is 14.8 Å². The van der Waals surface area contributed by atoms with Crippen LogP contribution in [0.5, 0.6) is 0 Å². The van der Waals surface area contributed by atoms with Crippen molar-refractivity contribution in [2.24, 2.45) is 0 Å². The van der Waals surface area contributed by atoms with Crippen molar-refractivity contribution in [3.63, 3.8) is 0 Å². The van der Waals surface area contributed by atoms with E-state index in [-0.39, 0.29) is 9.04 Å². The second kappa shape index (κ2) is 7.21. The van der Waals surface area contributed by atoms with Crippen LogP contribution in [0.3, 0.4) is 0 Å². The summed E-state index contributed by atoms with van der Waals surface area (Å²) in [5.41, 5.74) is 0.778. The van der Waals surface area contributed by atoms with Gasteiger partial charge in [0, 0.05) is 18.5 Å². The summed E-state index contributed by atoms with van der Waals surface area (Å²) in [6.07, 6.45) is 0.658. The molecule has 0 fully saturated rings. The fourth-order valence-corrected chi connectivity index (χ4v) is 4.54. The minimum atomic E-state index is -3.45. The second-order valence-electron chi connectivity index (χ2n) is 3.76. The van der Waals surface area contributed by atoms with Gasteiger partial charge >= 0.3 is 0 Å². The van der Waals surface area contributed by atoms with E-state index in [9.17, 15) is 8.42 Å². The predicted molar refractivity (Wildman–Crippen MR) is 78.5 cm³/mol. The van der Waals surface area contributed by atoms with Crippen LogP contribution < -0.4 is 4.72 Å². The number of hydrogen-bond donors (Lipinski definition) is 1. The lowest BCUT2D eigenvalue weighted by Gasteiger charge is -2.09. The minimum Gasteiger partial charge on any atom is -0.384 e. The molecule has 104 valence electrons. The van der Waals surface area contributed by atoms with Crippen molar-refractivity contribution >= 4 is 48.9 Å². The number of thiophene rings is 1. The average molecular weight is 377 g/mol. The van der Waals surface area contributed by atoms with E-state index in [1.54, 1.807) is 20.1 Å². The van der Waals surface area contributed by atoms with Crippen LogP contribution in [0.1, 0.15) is 12.0 Å². The van der Waals surface area contributed by atoms with Gasteiger partial charge in [0.2, 0.25) is 10.0 Å². The number of ether oxygens (including phenoxy) is 1. The van der Waals surface area contributed by atoms with Crippen LogP contribution in [0.15, 0.2) is 10.3 Å². The van der Waals surface area contributed by atoms with Gasteiger partial charge in [-0.25, -0.2) is 13.1 Å². The van der Waals surface area contributed by atoms with E-state index in [0.717, 1.165) is 16.9 Å². The Morgan fingerprint density at radius 2 is 2.28 bits per heavy atom. The SMILES string of the molecule is COCC(Br)CCNS(=O)(=O)c1cc(C)c(Cl)s1. The molecule has 1 N–H and O–H groups in total. The average Bonchev–Trinajstić information content (AvgIpc) is 2.60. The zero-order valence-corrected chi connectivity index (χ0v) is 14.0. The summed E-state index contributed by atoms with van der Waals surface area (Å²) >= 11 is 10.3. The highest BCUT2D eigenvalue weighted by molar-refractivity contribution is 9.09. The Balaban J connectivity index is 2.55. The zero-order chi connectivity index (χ0) is 13.8. The van der Waals surface area contributed by atoms with Crippen molar-refractivity contribution in [2.75, 3.05) is 20.3 Å². The van der Waals surface area contributed by atoms with Crippen LogP contribution in [-0.4, -0.2) is 33.5 Å². The molecule has 0 saturated heterocycles. The first kappa shape index (κ1) is 16.4. The van der Waals surface area contributed by atoms with E-state index in [1.165, 1.54) is 0 Å². The number of halogens is 2. The Bertz CT molecular complexity index is 470. The molecule has 18 heavy (non-hydrogen) atoms. The summed E-state index contributed by atoms with van der Waals surface area (Å²) < 4.78 is 32.1. The number of rotatable bonds is 7. The van der Waals surface area contributed by atoms with Gasteiger partial charge in [-0.3, -0.25) is 0 Å². The molecule has 0 spiro atoms. The van der Waals surface area contributed by atoms with Crippen LogP contribution in [0.25, 0.3) is 0 Å². The van der Waals surface area contributed by atoms with Gasteiger partial charge in [-0.1, -0.05) is 27.5 Å². The van der Waals surface area contributed by atoms with E-state index < -0.39 is 10.0 Å². The molecule has 1 aromatic rings. The Kier molecular flexibility index (Phi) is 6.57. The Hall–Kier alpha value is 0.340. The largest absolute Gasteiger partial charge is 0.384 e. The highest BCUT2D eigenvalue weighted by atomic mass is 79.9. The first-order valence-electron chi connectivity index (χ1n) is 5.25. The molecule has 0 aliphatic rings. The molecule has 0 aromatic carbocycles. The molecule has 0 radical (unpaired) electrons. The van der Waals surface area contributed by atoms with Crippen molar-refractivity contribution in [2.45, 2.75) is 22.4 Å². The zero-order valence-electron chi connectivity index (χ0n) is 10.1. The fraction of sp³-hybridized carbons (Fsp3) is 0.600. The van der Waals surface area contributed by atoms with E-state index in [1.807, 2.05) is 0 Å². The summed E-state index contributed by atoms with van der Waals surface area (Å²) in [7, 11) is -1.84. The highest BCUT2D eigenvalue weighted by Crippen LogP contribution is 2.29. The van der Waals surface area contributed by atoms with Gasteiger partial charge in [0.15, 0.2) is 0 Å². The summed E-state index contributed by atoms with van der Waals surface area (Å²) in [6, 6.07) is 1.58. The lowest BCUT2D eigenvalue weighted by molar-refractivity contribution is 0.199. The standard InChI is InChI=1S/C10H15BrClNO3S2/c1-7-5-9(17-10(7)12)18(14,15)13-4-3-8(11)6-16-2/h5,8,13H,3-4,6H2,1-2H3. The Morgan fingerprint density at radius 1 is 1.61 bits per heavy atom. The van der Waals surface area contributed by atoms with Gasteiger partial charge in [0.05, 0.1) is 10.9 Å². The number of alkyl halides is 1. The smallest absolute Gasteiger partial charge is 0.250 e. The molecule has 4 nitrogen and oxygen atoms in total. The molecule has 1 heterocycles. The first-order valence-corrected chi connectivity index (χ1v) is 8.84. The second-order valence-corrected chi connectivity index (χ2v) is 8.70. The lowest BCUT2D eigenvalue weighted by atomic mass is 10.3. The third-order valence-electron chi connectivity index (χ3n) is 2.20. The van der Waals surface area contributed by atoms with E-state index >= 15 is 0 Å². The fourth-order valence-electron chi connectivity index (χ4n) is 1.25. The molecule has 1 aromatic heterocycles. The third-order valence-corrected chi connectivity index (χ3v) is 6.41. The molecule has 1 rings (SSSR count). The van der Waals surface area contributed by atoms with Crippen molar-refractivity contribution in [3.8, 4) is 0 Å². The van der Waals surface area contributed by atoms with Crippen molar-refractivity contribution < 1.29 is 13.2 Å². The minimum absolute atomic E-state index is 0.138. The lowest BCUT2D eigenvalue weighted by Crippen LogP contribution is -2.26. The van der Waals surface area contributed by atoms with Gasteiger partial charge in [-0.15, -0.1) is 11.3 Å². The summed E-state index contributed by atoms with van der Waals surface area (Å²) in [5, 5.41) is 0. The van der Waals surface area contributed by atoms with Gasteiger partial charge in [-0.05, 0) is 25.0 Å². The van der Waals surface area contributed by atoms with Gasteiger partial charge in [-0.2, -0.15) is 0 Å². The molecule has 0 aliphatic heterocycles. The van der Waals surface area contributed by atoms with E-state index in [4.69, 9.17) is 16.3 Å². The maximum atomic E-state index is 11.9. The maximum Gasteiger partial charge on any atom is 0.250 e. The third kappa shape index (κ3) is 4.79. The van der Waals surface area contributed by atoms with Crippen LogP contribution >= 0.6 is 38.9 Å². The first-order chi connectivity index (χ1) is 8.36. The van der Waals surface area contributed by atoms with E-state index in [0.29, 0.717) is 23.9 Å². The Labute approximate surface area is 125 Å². The van der Waals surface area contributed by atoms with Crippen LogP contribution in [0.2, 0.25) is 4.34 Å². The molecule has 8 heteroatoms. The summed E-state index contributed by atoms with van der Waals surface area (Å²) in [4.78, 5) is 0.138. The molecule has 0 aliphatic carbocycles. The van der Waals surface area contributed by atoms with Crippen LogP contribution in [0, 0.1) is 6.92 Å². The molecule has 0 bridgehead atoms. The Morgan fingerprint density at radius 3 is 2.78 bits per heavy atom. The normalized spacial score (nSPS) is 13.8. The molecule has 1 unspecified atom stereocenters. The quantitative estimate of drug-likeness (QED) is 0.745. The topological polar surface area (TPSA) is 55.4 Å². The van der Waals surface area contributed by atoms with Gasteiger partial charge in [0.25, 0.3) is 0 Å². The van der Waals surface area contributed by atoms with Gasteiger partial charge < -0.3 is 4.74 Å². The molecule has 0 amide bonds. The monoisotopic (exact) mass is 375 g/mol. The number of methoxy groups -OCH3 is 1. The summed E-state index contributed by atoms with van der Waals surface area (Å²) in [5.74, 6) is 0. The van der Waals surface area contributed by atoms with E-state index in [2.05, 4.69) is 20.7 Å². The molecular formula is C10H15BrClNO3S2. The number of hydrogen-bond acceptors (Lipinski definition) is 4. The number of aryl methyl sites for hydroxylation is 1. The summed E-state index contributed by atoms with van der Waals surface area (Å²) in [6.45, 7) is 2.69. The van der Waals surface area contributed by atoms with Crippen molar-refractivity contribution in [1.29, 1.82) is 0 Å². The van der Waals surface area contributed by atoms with Crippen molar-refractivity contribution in [1.82, 2.24) is 4.72 Å². The molecular weight excluding hydrogens is 362 g/mol. The molecule has 1 atom stereocenters. The number of sulfonamides is 1. The van der Waals surface area contributed by atoms with Gasteiger partial charge in [0.1, 0.15) is 4.21 Å². The highest BCUT2D eigenvalue weighted by Gasteiger charge is 2.18. The molecule has 0 saturated carbocycles.